The number of rotatable bonds is 3. The van der Waals surface area contributed by atoms with E-state index in [2.05, 4.69) is 11.1 Å². The standard InChI is InChI=1S/C8H12ClN/c9-6-3-5-8-4-1-2-7-10-8/h1-2,7-8H,3-6H2. The van der Waals surface area contributed by atoms with Crippen molar-refractivity contribution in [2.45, 2.75) is 25.3 Å². The van der Waals surface area contributed by atoms with Gasteiger partial charge in [-0.1, -0.05) is 6.08 Å². The fraction of sp³-hybridized carbons (Fsp3) is 0.625. The highest BCUT2D eigenvalue weighted by molar-refractivity contribution is 6.17. The minimum atomic E-state index is 0.503. The van der Waals surface area contributed by atoms with Crippen LogP contribution >= 0.6 is 11.6 Å². The summed E-state index contributed by atoms with van der Waals surface area (Å²) >= 11 is 5.55. The van der Waals surface area contributed by atoms with E-state index in [9.17, 15) is 0 Å². The van der Waals surface area contributed by atoms with Crippen LogP contribution in [0.15, 0.2) is 17.1 Å². The summed E-state index contributed by atoms with van der Waals surface area (Å²) in [5, 5.41) is 0. The van der Waals surface area contributed by atoms with Crippen LogP contribution in [0.25, 0.3) is 0 Å². The number of aliphatic imine (C=N–C) groups is 1. The van der Waals surface area contributed by atoms with Gasteiger partial charge in [0.15, 0.2) is 0 Å². The van der Waals surface area contributed by atoms with Crippen molar-refractivity contribution in [2.24, 2.45) is 4.99 Å². The van der Waals surface area contributed by atoms with E-state index in [0.29, 0.717) is 6.04 Å². The second-order valence-corrected chi connectivity index (χ2v) is 2.82. The number of allylic oxidation sites excluding steroid dienone is 1. The molecule has 0 saturated carbocycles. The Morgan fingerprint density at radius 1 is 1.60 bits per heavy atom. The Morgan fingerprint density at radius 3 is 3.10 bits per heavy atom. The molecule has 0 bridgehead atoms. The lowest BCUT2D eigenvalue weighted by Crippen LogP contribution is -2.05. The lowest BCUT2D eigenvalue weighted by Gasteiger charge is -2.10. The summed E-state index contributed by atoms with van der Waals surface area (Å²) in [5.41, 5.74) is 0. The van der Waals surface area contributed by atoms with E-state index in [0.717, 1.165) is 25.1 Å². The highest BCUT2D eigenvalue weighted by Gasteiger charge is 2.04. The van der Waals surface area contributed by atoms with Crippen molar-refractivity contribution < 1.29 is 0 Å². The Hall–Kier alpha value is -0.300. The van der Waals surface area contributed by atoms with Gasteiger partial charge < -0.3 is 0 Å². The number of alkyl halides is 1. The van der Waals surface area contributed by atoms with Crippen LogP contribution in [-0.2, 0) is 0 Å². The van der Waals surface area contributed by atoms with Crippen LogP contribution in [0.5, 0.6) is 0 Å². The molecule has 0 radical (unpaired) electrons. The van der Waals surface area contributed by atoms with Gasteiger partial charge in [-0.3, -0.25) is 4.99 Å². The van der Waals surface area contributed by atoms with Gasteiger partial charge in [0.1, 0.15) is 0 Å². The largest absolute Gasteiger partial charge is 0.290 e. The molecule has 1 aliphatic rings. The van der Waals surface area contributed by atoms with Gasteiger partial charge in [0.2, 0.25) is 0 Å². The van der Waals surface area contributed by atoms with Gasteiger partial charge in [-0.05, 0) is 25.3 Å². The first-order chi connectivity index (χ1) is 4.93. The summed E-state index contributed by atoms with van der Waals surface area (Å²) in [6.45, 7) is 0. The molecule has 56 valence electrons. The number of hydrogen-bond donors (Lipinski definition) is 0. The molecule has 1 nitrogen and oxygen atoms in total. The summed E-state index contributed by atoms with van der Waals surface area (Å²) < 4.78 is 0. The Labute approximate surface area is 66.8 Å². The number of hydrogen-bond acceptors (Lipinski definition) is 1. The molecule has 1 rings (SSSR count). The Kier molecular flexibility index (Phi) is 3.52. The predicted molar refractivity (Wildman–Crippen MR) is 46.0 cm³/mol. The molecule has 0 aromatic heterocycles. The smallest absolute Gasteiger partial charge is 0.0534 e. The number of nitrogens with zero attached hydrogens (tertiary/aromatic N) is 1. The first-order valence-electron chi connectivity index (χ1n) is 3.68. The topological polar surface area (TPSA) is 12.4 Å². The molecule has 0 aromatic rings. The average Bonchev–Trinajstić information content (AvgIpc) is 2.03. The minimum Gasteiger partial charge on any atom is -0.290 e. The van der Waals surface area contributed by atoms with Gasteiger partial charge in [0, 0.05) is 12.1 Å². The van der Waals surface area contributed by atoms with Crippen molar-refractivity contribution in [3.63, 3.8) is 0 Å². The summed E-state index contributed by atoms with van der Waals surface area (Å²) in [7, 11) is 0. The lowest BCUT2D eigenvalue weighted by atomic mass is 10.1. The van der Waals surface area contributed by atoms with E-state index < -0.39 is 0 Å². The Balaban J connectivity index is 2.17. The second-order valence-electron chi connectivity index (χ2n) is 2.45. The van der Waals surface area contributed by atoms with Crippen LogP contribution in [0.4, 0.5) is 0 Å². The fourth-order valence-corrected chi connectivity index (χ4v) is 1.19. The van der Waals surface area contributed by atoms with Crippen LogP contribution in [0, 0.1) is 0 Å². The molecule has 10 heavy (non-hydrogen) atoms. The molecule has 0 aromatic carbocycles. The van der Waals surface area contributed by atoms with E-state index in [1.54, 1.807) is 0 Å². The highest BCUT2D eigenvalue weighted by atomic mass is 35.5. The van der Waals surface area contributed by atoms with Crippen molar-refractivity contribution in [3.05, 3.63) is 12.2 Å². The second kappa shape index (κ2) is 4.51. The number of dihydropyridines is 1. The van der Waals surface area contributed by atoms with Crippen LogP contribution in [0.2, 0.25) is 0 Å². The maximum absolute atomic E-state index is 5.55. The third kappa shape index (κ3) is 2.53. The van der Waals surface area contributed by atoms with Gasteiger partial charge in [-0.15, -0.1) is 11.6 Å². The van der Waals surface area contributed by atoms with Gasteiger partial charge in [-0.2, -0.15) is 0 Å². The number of halogens is 1. The van der Waals surface area contributed by atoms with E-state index in [1.807, 2.05) is 12.3 Å². The molecule has 0 spiro atoms. The molecule has 1 heterocycles. The molecule has 0 amide bonds. The summed E-state index contributed by atoms with van der Waals surface area (Å²) in [6.07, 6.45) is 9.33. The molecule has 0 aliphatic carbocycles. The van der Waals surface area contributed by atoms with Gasteiger partial charge in [0.25, 0.3) is 0 Å². The van der Waals surface area contributed by atoms with Crippen LogP contribution in [-0.4, -0.2) is 18.1 Å². The van der Waals surface area contributed by atoms with E-state index in [4.69, 9.17) is 11.6 Å². The Morgan fingerprint density at radius 2 is 2.50 bits per heavy atom. The van der Waals surface area contributed by atoms with Crippen molar-refractivity contribution in [3.8, 4) is 0 Å². The maximum atomic E-state index is 5.55. The maximum Gasteiger partial charge on any atom is 0.0534 e. The zero-order valence-electron chi connectivity index (χ0n) is 5.96. The summed E-state index contributed by atoms with van der Waals surface area (Å²) in [6, 6.07) is 0.503. The highest BCUT2D eigenvalue weighted by Crippen LogP contribution is 2.10. The van der Waals surface area contributed by atoms with Crippen molar-refractivity contribution in [2.75, 3.05) is 5.88 Å². The molecule has 0 saturated heterocycles. The van der Waals surface area contributed by atoms with Crippen LogP contribution in [0.3, 0.4) is 0 Å². The monoisotopic (exact) mass is 157 g/mol. The summed E-state index contributed by atoms with van der Waals surface area (Å²) in [4.78, 5) is 4.30. The zero-order valence-corrected chi connectivity index (χ0v) is 6.72. The van der Waals surface area contributed by atoms with Crippen molar-refractivity contribution in [1.82, 2.24) is 0 Å². The quantitative estimate of drug-likeness (QED) is 0.558. The van der Waals surface area contributed by atoms with Crippen molar-refractivity contribution >= 4 is 17.8 Å². The first kappa shape index (κ1) is 7.80. The predicted octanol–water partition coefficient (Wildman–Crippen LogP) is 2.40. The SMILES string of the molecule is ClCCCC1CC=CC=N1. The fourth-order valence-electron chi connectivity index (χ4n) is 1.03. The summed E-state index contributed by atoms with van der Waals surface area (Å²) in [5.74, 6) is 0.760. The third-order valence-electron chi connectivity index (χ3n) is 1.60. The molecule has 1 unspecified atom stereocenters. The van der Waals surface area contributed by atoms with Crippen molar-refractivity contribution in [1.29, 1.82) is 0 Å². The van der Waals surface area contributed by atoms with Gasteiger partial charge in [0.05, 0.1) is 6.04 Å². The Bertz CT molecular complexity index is 140. The zero-order chi connectivity index (χ0) is 7.23. The van der Waals surface area contributed by atoms with E-state index in [-0.39, 0.29) is 0 Å². The van der Waals surface area contributed by atoms with Gasteiger partial charge in [-0.25, -0.2) is 0 Å². The lowest BCUT2D eigenvalue weighted by molar-refractivity contribution is 0.613. The average molecular weight is 158 g/mol. The van der Waals surface area contributed by atoms with Crippen LogP contribution in [0.1, 0.15) is 19.3 Å². The molecular weight excluding hydrogens is 146 g/mol. The molecular formula is C8H12ClN. The minimum absolute atomic E-state index is 0.503. The molecule has 2 heteroatoms. The molecule has 1 atom stereocenters. The molecule has 0 fully saturated rings. The van der Waals surface area contributed by atoms with E-state index in [1.165, 1.54) is 0 Å². The first-order valence-corrected chi connectivity index (χ1v) is 4.21. The van der Waals surface area contributed by atoms with Crippen LogP contribution < -0.4 is 0 Å². The van der Waals surface area contributed by atoms with E-state index >= 15 is 0 Å². The molecule has 1 aliphatic heterocycles. The van der Waals surface area contributed by atoms with Gasteiger partial charge >= 0.3 is 0 Å². The molecule has 0 N–H and O–H groups in total. The normalized spacial score (nSPS) is 23.5. The third-order valence-corrected chi connectivity index (χ3v) is 1.87.